The Morgan fingerprint density at radius 3 is 2.73 bits per heavy atom. The molecule has 0 saturated carbocycles. The number of halogens is 1. The third kappa shape index (κ3) is 2.76. The van der Waals surface area contributed by atoms with E-state index in [2.05, 4.69) is 4.98 Å². The molecule has 0 aliphatic heterocycles. The second-order valence-electron chi connectivity index (χ2n) is 2.51. The Bertz CT molecular complexity index is 237. The fraction of sp³-hybridized carbons (Fsp3) is 0.375. The predicted octanol–water partition coefficient (Wildman–Crippen LogP) is 2.52. The van der Waals surface area contributed by atoms with Gasteiger partial charge in [-0.25, -0.2) is 0 Å². The third-order valence-electron chi connectivity index (χ3n) is 1.05. The molecule has 1 heterocycles. The molecule has 0 aliphatic carbocycles. The van der Waals surface area contributed by atoms with Crippen LogP contribution in [0.15, 0.2) is 18.5 Å². The normalized spacial score (nSPS) is 10.2. The van der Waals surface area contributed by atoms with Gasteiger partial charge in [-0.1, -0.05) is 11.6 Å². The molecule has 1 rings (SSSR count). The number of hydrogen-bond acceptors (Lipinski definition) is 2. The van der Waals surface area contributed by atoms with Gasteiger partial charge in [0.2, 0.25) is 0 Å². The summed E-state index contributed by atoms with van der Waals surface area (Å²) in [5.41, 5.74) is 0. The van der Waals surface area contributed by atoms with Crippen molar-refractivity contribution in [3.8, 4) is 5.75 Å². The van der Waals surface area contributed by atoms with E-state index in [1.54, 1.807) is 18.5 Å². The summed E-state index contributed by atoms with van der Waals surface area (Å²) >= 11 is 5.69. The molecule has 1 aromatic rings. The van der Waals surface area contributed by atoms with Gasteiger partial charge in [0.1, 0.15) is 5.75 Å². The summed E-state index contributed by atoms with van der Waals surface area (Å²) < 4.78 is 5.35. The van der Waals surface area contributed by atoms with Crippen LogP contribution in [0, 0.1) is 0 Å². The highest BCUT2D eigenvalue weighted by molar-refractivity contribution is 6.30. The van der Waals surface area contributed by atoms with Crippen molar-refractivity contribution in [3.05, 3.63) is 23.5 Å². The van der Waals surface area contributed by atoms with Gasteiger partial charge in [-0.05, 0) is 13.8 Å². The zero-order valence-corrected chi connectivity index (χ0v) is 7.30. The van der Waals surface area contributed by atoms with Crippen LogP contribution in [-0.2, 0) is 0 Å². The van der Waals surface area contributed by atoms with Crippen molar-refractivity contribution in [2.45, 2.75) is 20.0 Å². The van der Waals surface area contributed by atoms with Gasteiger partial charge in [-0.15, -0.1) is 0 Å². The minimum Gasteiger partial charge on any atom is -0.489 e. The van der Waals surface area contributed by atoms with Crippen molar-refractivity contribution in [3.63, 3.8) is 0 Å². The lowest BCUT2D eigenvalue weighted by molar-refractivity contribution is 0.241. The monoisotopic (exact) mass is 171 g/mol. The molecule has 0 saturated heterocycles. The second-order valence-corrected chi connectivity index (χ2v) is 2.94. The van der Waals surface area contributed by atoms with Crippen molar-refractivity contribution in [2.75, 3.05) is 0 Å². The number of aromatic nitrogens is 1. The molecule has 0 bridgehead atoms. The van der Waals surface area contributed by atoms with Crippen LogP contribution in [0.1, 0.15) is 13.8 Å². The standard InChI is InChI=1S/C8H10ClNO/c1-6(2)11-8-3-7(9)4-10-5-8/h3-6H,1-2H3. The largest absolute Gasteiger partial charge is 0.489 e. The van der Waals surface area contributed by atoms with Crippen molar-refractivity contribution < 1.29 is 4.74 Å². The maximum Gasteiger partial charge on any atom is 0.139 e. The zero-order chi connectivity index (χ0) is 8.27. The van der Waals surface area contributed by atoms with Gasteiger partial charge in [-0.2, -0.15) is 0 Å². The summed E-state index contributed by atoms with van der Waals surface area (Å²) in [5, 5.41) is 0.600. The Morgan fingerprint density at radius 1 is 1.45 bits per heavy atom. The fourth-order valence-corrected chi connectivity index (χ4v) is 0.893. The molecule has 3 heteroatoms. The first-order valence-electron chi connectivity index (χ1n) is 3.45. The van der Waals surface area contributed by atoms with Crippen molar-refractivity contribution in [1.29, 1.82) is 0 Å². The molecule has 0 N–H and O–H groups in total. The van der Waals surface area contributed by atoms with E-state index in [0.717, 1.165) is 0 Å². The van der Waals surface area contributed by atoms with Crippen LogP contribution < -0.4 is 4.74 Å². The highest BCUT2D eigenvalue weighted by atomic mass is 35.5. The number of nitrogens with zero attached hydrogens (tertiary/aromatic N) is 1. The Labute approximate surface area is 71.2 Å². The lowest BCUT2D eigenvalue weighted by Gasteiger charge is -2.08. The molecule has 0 spiro atoms. The Morgan fingerprint density at radius 2 is 2.18 bits per heavy atom. The Balaban J connectivity index is 2.71. The van der Waals surface area contributed by atoms with E-state index in [9.17, 15) is 0 Å². The topological polar surface area (TPSA) is 22.1 Å². The number of rotatable bonds is 2. The number of hydrogen-bond donors (Lipinski definition) is 0. The molecule has 0 radical (unpaired) electrons. The molecule has 0 atom stereocenters. The number of ether oxygens (including phenoxy) is 1. The smallest absolute Gasteiger partial charge is 0.139 e. The van der Waals surface area contributed by atoms with E-state index in [1.165, 1.54) is 0 Å². The van der Waals surface area contributed by atoms with Gasteiger partial charge in [0.15, 0.2) is 0 Å². The predicted molar refractivity (Wildman–Crippen MR) is 45.0 cm³/mol. The van der Waals surface area contributed by atoms with Gasteiger partial charge in [0.05, 0.1) is 17.3 Å². The maximum absolute atomic E-state index is 5.69. The van der Waals surface area contributed by atoms with Crippen LogP contribution in [0.2, 0.25) is 5.02 Å². The summed E-state index contributed by atoms with van der Waals surface area (Å²) in [6.07, 6.45) is 3.39. The van der Waals surface area contributed by atoms with Crippen LogP contribution in [0.3, 0.4) is 0 Å². The maximum atomic E-state index is 5.69. The molecule has 0 amide bonds. The summed E-state index contributed by atoms with van der Waals surface area (Å²) in [5.74, 6) is 0.715. The fourth-order valence-electron chi connectivity index (χ4n) is 0.729. The van der Waals surface area contributed by atoms with E-state index in [0.29, 0.717) is 10.8 Å². The first kappa shape index (κ1) is 8.34. The van der Waals surface area contributed by atoms with Crippen LogP contribution in [-0.4, -0.2) is 11.1 Å². The molecule has 0 aromatic carbocycles. The average Bonchev–Trinajstić information content (AvgIpc) is 1.85. The molecule has 11 heavy (non-hydrogen) atoms. The molecule has 2 nitrogen and oxygen atoms in total. The van der Waals surface area contributed by atoms with Gasteiger partial charge >= 0.3 is 0 Å². The van der Waals surface area contributed by atoms with E-state index in [1.807, 2.05) is 13.8 Å². The molecular formula is C8H10ClNO. The van der Waals surface area contributed by atoms with E-state index >= 15 is 0 Å². The average molecular weight is 172 g/mol. The van der Waals surface area contributed by atoms with Crippen molar-refractivity contribution in [1.82, 2.24) is 4.98 Å². The molecule has 0 unspecified atom stereocenters. The third-order valence-corrected chi connectivity index (χ3v) is 1.26. The summed E-state index contributed by atoms with van der Waals surface area (Å²) in [6, 6.07) is 1.74. The van der Waals surface area contributed by atoms with Gasteiger partial charge < -0.3 is 4.74 Å². The quantitative estimate of drug-likeness (QED) is 0.682. The van der Waals surface area contributed by atoms with Crippen molar-refractivity contribution >= 4 is 11.6 Å². The summed E-state index contributed by atoms with van der Waals surface area (Å²) in [4.78, 5) is 3.88. The van der Waals surface area contributed by atoms with E-state index < -0.39 is 0 Å². The summed E-state index contributed by atoms with van der Waals surface area (Å²) in [7, 11) is 0. The second kappa shape index (κ2) is 3.58. The van der Waals surface area contributed by atoms with Gasteiger partial charge in [-0.3, -0.25) is 4.98 Å². The highest BCUT2D eigenvalue weighted by Crippen LogP contribution is 2.15. The van der Waals surface area contributed by atoms with Crippen LogP contribution >= 0.6 is 11.6 Å². The lowest BCUT2D eigenvalue weighted by Crippen LogP contribution is -2.05. The van der Waals surface area contributed by atoms with Crippen LogP contribution in [0.4, 0.5) is 0 Å². The first-order chi connectivity index (χ1) is 5.18. The zero-order valence-electron chi connectivity index (χ0n) is 6.54. The molecule has 1 aromatic heterocycles. The summed E-state index contributed by atoms with van der Waals surface area (Å²) in [6.45, 7) is 3.92. The Hall–Kier alpha value is -0.760. The Kier molecular flexibility index (Phi) is 2.71. The molecule has 60 valence electrons. The molecular weight excluding hydrogens is 162 g/mol. The minimum absolute atomic E-state index is 0.162. The molecule has 0 aliphatic rings. The first-order valence-corrected chi connectivity index (χ1v) is 3.83. The van der Waals surface area contributed by atoms with Gasteiger partial charge in [0.25, 0.3) is 0 Å². The minimum atomic E-state index is 0.162. The van der Waals surface area contributed by atoms with Crippen LogP contribution in [0.25, 0.3) is 0 Å². The SMILES string of the molecule is CC(C)Oc1cncc(Cl)c1. The lowest BCUT2D eigenvalue weighted by atomic mass is 10.4. The van der Waals surface area contributed by atoms with Gasteiger partial charge in [0, 0.05) is 12.3 Å². The van der Waals surface area contributed by atoms with E-state index in [4.69, 9.17) is 16.3 Å². The highest BCUT2D eigenvalue weighted by Gasteiger charge is 1.97. The van der Waals surface area contributed by atoms with E-state index in [-0.39, 0.29) is 6.10 Å². The van der Waals surface area contributed by atoms with Crippen molar-refractivity contribution in [2.24, 2.45) is 0 Å². The van der Waals surface area contributed by atoms with Crippen LogP contribution in [0.5, 0.6) is 5.75 Å². The number of pyridine rings is 1. The molecule has 0 fully saturated rings.